The van der Waals surface area contributed by atoms with Crippen molar-refractivity contribution in [1.29, 1.82) is 0 Å². The van der Waals surface area contributed by atoms with Crippen LogP contribution in [0.15, 0.2) is 30.3 Å². The number of benzene rings is 1. The van der Waals surface area contributed by atoms with Crippen LogP contribution in [0.1, 0.15) is 19.4 Å². The molecule has 0 radical (unpaired) electrons. The van der Waals surface area contributed by atoms with Gasteiger partial charge < -0.3 is 24.8 Å². The Hall–Kier alpha value is -2.26. The molecule has 1 aromatic carbocycles. The molecule has 2 N–H and O–H groups in total. The van der Waals surface area contributed by atoms with E-state index in [4.69, 9.17) is 9.47 Å². The van der Waals surface area contributed by atoms with Gasteiger partial charge in [-0.15, -0.1) is 11.8 Å². The van der Waals surface area contributed by atoms with Crippen LogP contribution in [0.4, 0.5) is 4.79 Å². The molecule has 28 heavy (non-hydrogen) atoms. The SMILES string of the molecule is COC(=O)[C@H]1CS[C@H](CO)N1C(=O)[C@@H](NC(=O)OCc1ccccc1)C(C)C. The number of carbonyl (C=O) groups is 3. The second-order valence-electron chi connectivity index (χ2n) is 6.68. The fourth-order valence-electron chi connectivity index (χ4n) is 2.88. The van der Waals surface area contributed by atoms with Gasteiger partial charge in [0.15, 0.2) is 0 Å². The normalized spacial score (nSPS) is 20.0. The second kappa shape index (κ2) is 10.3. The molecule has 1 heterocycles. The van der Waals surface area contributed by atoms with Crippen molar-refractivity contribution in [3.05, 3.63) is 35.9 Å². The summed E-state index contributed by atoms with van der Waals surface area (Å²) in [4.78, 5) is 38.7. The number of esters is 1. The minimum atomic E-state index is -0.900. The summed E-state index contributed by atoms with van der Waals surface area (Å²) >= 11 is 1.30. The number of aliphatic hydroxyl groups excluding tert-OH is 1. The third kappa shape index (κ3) is 5.39. The van der Waals surface area contributed by atoms with Crippen molar-refractivity contribution in [2.75, 3.05) is 19.5 Å². The molecule has 1 aliphatic heterocycles. The first kappa shape index (κ1) is 22.0. The second-order valence-corrected chi connectivity index (χ2v) is 7.89. The lowest BCUT2D eigenvalue weighted by molar-refractivity contribution is -0.153. The monoisotopic (exact) mass is 410 g/mol. The van der Waals surface area contributed by atoms with E-state index in [9.17, 15) is 19.5 Å². The van der Waals surface area contributed by atoms with Gasteiger partial charge in [0.05, 0.1) is 13.7 Å². The molecule has 0 spiro atoms. The molecule has 9 heteroatoms. The van der Waals surface area contributed by atoms with Crippen LogP contribution in [0.5, 0.6) is 0 Å². The van der Waals surface area contributed by atoms with Crippen molar-refractivity contribution in [1.82, 2.24) is 10.2 Å². The lowest BCUT2D eigenvalue weighted by Crippen LogP contribution is -2.56. The van der Waals surface area contributed by atoms with Crippen molar-refractivity contribution in [3.63, 3.8) is 0 Å². The van der Waals surface area contributed by atoms with Gasteiger partial charge in [-0.1, -0.05) is 44.2 Å². The van der Waals surface area contributed by atoms with E-state index < -0.39 is 35.4 Å². The fourth-order valence-corrected chi connectivity index (χ4v) is 4.10. The van der Waals surface area contributed by atoms with Crippen molar-refractivity contribution >= 4 is 29.7 Å². The average Bonchev–Trinajstić information content (AvgIpc) is 3.14. The lowest BCUT2D eigenvalue weighted by Gasteiger charge is -2.32. The number of amides is 2. The smallest absolute Gasteiger partial charge is 0.408 e. The predicted octanol–water partition coefficient (Wildman–Crippen LogP) is 1.37. The summed E-state index contributed by atoms with van der Waals surface area (Å²) in [6.45, 7) is 3.34. The lowest BCUT2D eigenvalue weighted by atomic mass is 10.0. The molecule has 1 fully saturated rings. The summed E-state index contributed by atoms with van der Waals surface area (Å²) in [7, 11) is 1.25. The van der Waals surface area contributed by atoms with E-state index in [1.807, 2.05) is 30.3 Å². The minimum Gasteiger partial charge on any atom is -0.467 e. The summed E-state index contributed by atoms with van der Waals surface area (Å²) in [6, 6.07) is 7.49. The summed E-state index contributed by atoms with van der Waals surface area (Å²) in [5.41, 5.74) is 0.826. The van der Waals surface area contributed by atoms with E-state index in [1.54, 1.807) is 13.8 Å². The molecular weight excluding hydrogens is 384 g/mol. The van der Waals surface area contributed by atoms with Gasteiger partial charge in [-0.05, 0) is 11.5 Å². The van der Waals surface area contributed by atoms with E-state index in [0.717, 1.165) is 5.56 Å². The maximum atomic E-state index is 13.1. The maximum absolute atomic E-state index is 13.1. The van der Waals surface area contributed by atoms with Crippen LogP contribution in [0.3, 0.4) is 0 Å². The Morgan fingerprint density at radius 2 is 1.96 bits per heavy atom. The zero-order valence-corrected chi connectivity index (χ0v) is 17.0. The van der Waals surface area contributed by atoms with Crippen LogP contribution in [0, 0.1) is 5.92 Å². The van der Waals surface area contributed by atoms with Crippen molar-refractivity contribution < 1.29 is 29.0 Å². The third-order valence-corrected chi connectivity index (χ3v) is 5.66. The number of ether oxygens (including phenoxy) is 2. The molecule has 8 nitrogen and oxygen atoms in total. The highest BCUT2D eigenvalue weighted by atomic mass is 32.2. The highest BCUT2D eigenvalue weighted by Gasteiger charge is 2.45. The van der Waals surface area contributed by atoms with Gasteiger partial charge >= 0.3 is 12.1 Å². The number of carbonyl (C=O) groups excluding carboxylic acids is 3. The molecule has 0 bridgehead atoms. The van der Waals surface area contributed by atoms with Gasteiger partial charge in [-0.3, -0.25) is 4.79 Å². The Morgan fingerprint density at radius 1 is 1.29 bits per heavy atom. The Balaban J connectivity index is 2.07. The summed E-state index contributed by atoms with van der Waals surface area (Å²) in [5.74, 6) is -0.926. The number of thioether (sulfide) groups is 1. The first-order chi connectivity index (χ1) is 13.4. The van der Waals surface area contributed by atoms with E-state index in [2.05, 4.69) is 5.32 Å². The van der Waals surface area contributed by atoms with Crippen molar-refractivity contribution in [2.24, 2.45) is 5.92 Å². The van der Waals surface area contributed by atoms with Gasteiger partial charge in [-0.2, -0.15) is 0 Å². The van der Waals surface area contributed by atoms with Crippen molar-refractivity contribution in [2.45, 2.75) is 37.9 Å². The van der Waals surface area contributed by atoms with E-state index >= 15 is 0 Å². The summed E-state index contributed by atoms with van der Waals surface area (Å²) in [5, 5.41) is 11.6. The molecule has 154 valence electrons. The van der Waals surface area contributed by atoms with Crippen LogP contribution in [-0.2, 0) is 25.7 Å². The van der Waals surface area contributed by atoms with E-state index in [0.29, 0.717) is 5.75 Å². The highest BCUT2D eigenvalue weighted by molar-refractivity contribution is 8.00. The quantitative estimate of drug-likeness (QED) is 0.654. The molecule has 2 rings (SSSR count). The van der Waals surface area contributed by atoms with E-state index in [1.165, 1.54) is 23.8 Å². The number of alkyl carbamates (subject to hydrolysis) is 1. The number of hydrogen-bond donors (Lipinski definition) is 2. The number of nitrogens with zero attached hydrogens (tertiary/aromatic N) is 1. The predicted molar refractivity (Wildman–Crippen MR) is 104 cm³/mol. The van der Waals surface area contributed by atoms with Crippen LogP contribution in [0.25, 0.3) is 0 Å². The number of hydrogen-bond acceptors (Lipinski definition) is 7. The topological polar surface area (TPSA) is 105 Å². The van der Waals surface area contributed by atoms with Crippen LogP contribution < -0.4 is 5.32 Å². The van der Waals surface area contributed by atoms with Gasteiger partial charge in [0.2, 0.25) is 5.91 Å². The molecule has 1 saturated heterocycles. The molecule has 0 aliphatic carbocycles. The fraction of sp³-hybridized carbons (Fsp3) is 0.526. The highest BCUT2D eigenvalue weighted by Crippen LogP contribution is 2.30. The Labute approximate surface area is 168 Å². The first-order valence-electron chi connectivity index (χ1n) is 8.98. The molecule has 3 atom stereocenters. The van der Waals surface area contributed by atoms with Gasteiger partial charge in [-0.25, -0.2) is 9.59 Å². The number of rotatable bonds is 7. The average molecular weight is 410 g/mol. The molecule has 0 saturated carbocycles. The van der Waals surface area contributed by atoms with Crippen LogP contribution in [-0.4, -0.2) is 64.9 Å². The van der Waals surface area contributed by atoms with Crippen molar-refractivity contribution in [3.8, 4) is 0 Å². The Kier molecular flexibility index (Phi) is 8.13. The maximum Gasteiger partial charge on any atom is 0.408 e. The standard InChI is InChI=1S/C19H26N2O6S/c1-12(2)16(20-19(25)27-10-13-7-5-4-6-8-13)17(23)21-14(18(24)26-3)11-28-15(21)9-22/h4-8,12,14-16,22H,9-11H2,1-3H3,(H,20,25)/t14-,15-,16+/m1/s1. The molecule has 1 aromatic rings. The largest absolute Gasteiger partial charge is 0.467 e. The minimum absolute atomic E-state index is 0.0787. The number of aliphatic hydroxyl groups is 1. The number of nitrogens with one attached hydrogen (secondary N) is 1. The van der Waals surface area contributed by atoms with Gasteiger partial charge in [0.1, 0.15) is 24.1 Å². The zero-order valence-electron chi connectivity index (χ0n) is 16.2. The van der Waals surface area contributed by atoms with Gasteiger partial charge in [0.25, 0.3) is 0 Å². The first-order valence-corrected chi connectivity index (χ1v) is 10.0. The molecule has 2 amide bonds. The van der Waals surface area contributed by atoms with Gasteiger partial charge in [0, 0.05) is 5.75 Å². The van der Waals surface area contributed by atoms with E-state index in [-0.39, 0.29) is 19.1 Å². The third-order valence-electron chi connectivity index (χ3n) is 4.40. The van der Waals surface area contributed by atoms with Crippen LogP contribution >= 0.6 is 11.8 Å². The van der Waals surface area contributed by atoms with Crippen LogP contribution in [0.2, 0.25) is 0 Å². The summed E-state index contributed by atoms with van der Waals surface area (Å²) in [6.07, 6.45) is -0.724. The molecular formula is C19H26N2O6S. The summed E-state index contributed by atoms with van der Waals surface area (Å²) < 4.78 is 9.98. The molecule has 0 aromatic heterocycles. The molecule has 1 aliphatic rings. The Bertz CT molecular complexity index is 684. The number of methoxy groups -OCH3 is 1. The Morgan fingerprint density at radius 3 is 2.54 bits per heavy atom. The molecule has 0 unspecified atom stereocenters. The zero-order chi connectivity index (χ0) is 20.7.